The molecule has 0 aliphatic heterocycles. The van der Waals surface area contributed by atoms with E-state index in [1.165, 1.54) is 49.2 Å². The van der Waals surface area contributed by atoms with Crippen molar-refractivity contribution in [1.82, 2.24) is 0 Å². The lowest BCUT2D eigenvalue weighted by Crippen LogP contribution is -2.37. The number of hydrogen-bond acceptors (Lipinski definition) is 2. The fourth-order valence-electron chi connectivity index (χ4n) is 3.36. The van der Waals surface area contributed by atoms with Crippen LogP contribution >= 0.6 is 54.5 Å². The third-order valence-electron chi connectivity index (χ3n) is 5.20. The summed E-state index contributed by atoms with van der Waals surface area (Å²) in [6, 6.07) is 14.1. The Labute approximate surface area is 194 Å². The average Bonchev–Trinajstić information content (AvgIpc) is 3.10. The zero-order valence-electron chi connectivity index (χ0n) is 17.0. The Kier molecular flexibility index (Phi) is 5.38. The van der Waals surface area contributed by atoms with Crippen LogP contribution in [0.4, 0.5) is 0 Å². The first-order valence-corrected chi connectivity index (χ1v) is 19.6. The first-order valence-electron chi connectivity index (χ1n) is 9.42. The van der Waals surface area contributed by atoms with Gasteiger partial charge >= 0.3 is 0 Å². The molecule has 0 saturated carbocycles. The normalized spacial score (nSPS) is 13.0. The van der Waals surface area contributed by atoms with Crippen LogP contribution < -0.4 is 10.4 Å². The summed E-state index contributed by atoms with van der Waals surface area (Å²) < 4.78 is 5.22. The van der Waals surface area contributed by atoms with Crippen molar-refractivity contribution < 1.29 is 0 Å². The molecule has 2 aromatic heterocycles. The predicted octanol–water partition coefficient (Wildman–Crippen LogP) is 8.40. The second-order valence-corrected chi connectivity index (χ2v) is 23.3. The molecule has 0 radical (unpaired) electrons. The first kappa shape index (κ1) is 21.0. The summed E-state index contributed by atoms with van der Waals surface area (Å²) in [5, 5.41) is 5.70. The van der Waals surface area contributed by atoms with Crippen LogP contribution in [0.3, 0.4) is 0 Å². The van der Waals surface area contributed by atoms with Crippen LogP contribution in [0.25, 0.3) is 29.9 Å². The Morgan fingerprint density at radius 2 is 0.964 bits per heavy atom. The number of thiophene rings is 2. The lowest BCUT2D eigenvalue weighted by Gasteiger charge is -2.16. The molecule has 0 atom stereocenters. The predicted molar refractivity (Wildman–Crippen MR) is 144 cm³/mol. The minimum absolute atomic E-state index is 1.23. The van der Waals surface area contributed by atoms with Gasteiger partial charge in [-0.2, -0.15) is 0 Å². The standard InChI is InChI=1S/C22H24Br2S2Si2/c1-27(2,3)13-7-9-15-17(11-13)25-21(19(15)23)22-20(24)16-10-8-14(28(4,5)6)12-18(16)26-22/h7-12H,1-6H3. The number of rotatable bonds is 3. The summed E-state index contributed by atoms with van der Waals surface area (Å²) in [7, 11) is -2.62. The van der Waals surface area contributed by atoms with Gasteiger partial charge in [-0.05, 0) is 44.0 Å². The van der Waals surface area contributed by atoms with Crippen molar-refractivity contribution >= 4 is 101 Å². The maximum absolute atomic E-state index is 3.92. The van der Waals surface area contributed by atoms with Crippen LogP contribution in [0, 0.1) is 0 Å². The SMILES string of the molecule is C[Si](C)(C)c1ccc2c(Br)c(-c3sc4cc([Si](C)(C)C)ccc4c3Br)sc2c1. The maximum atomic E-state index is 3.92. The van der Waals surface area contributed by atoms with E-state index in [1.54, 1.807) is 0 Å². The molecule has 0 saturated heterocycles. The molecule has 0 nitrogen and oxygen atoms in total. The molecule has 4 aromatic rings. The van der Waals surface area contributed by atoms with Gasteiger partial charge in [0.15, 0.2) is 0 Å². The van der Waals surface area contributed by atoms with Gasteiger partial charge in [0.2, 0.25) is 0 Å². The molecule has 4 rings (SSSR count). The number of hydrogen-bond donors (Lipinski definition) is 0. The third-order valence-corrected chi connectivity index (χ3v) is 13.9. The molecular formula is C22H24Br2S2Si2. The Morgan fingerprint density at radius 1 is 0.607 bits per heavy atom. The van der Waals surface area contributed by atoms with Gasteiger partial charge in [-0.3, -0.25) is 0 Å². The van der Waals surface area contributed by atoms with Crippen LogP contribution in [-0.2, 0) is 0 Å². The van der Waals surface area contributed by atoms with E-state index < -0.39 is 16.1 Å². The van der Waals surface area contributed by atoms with Gasteiger partial charge in [0.25, 0.3) is 0 Å². The van der Waals surface area contributed by atoms with Gasteiger partial charge in [0, 0.05) is 29.1 Å². The largest absolute Gasteiger partial charge is 0.133 e. The molecular weight excluding hydrogens is 544 g/mol. The van der Waals surface area contributed by atoms with Crippen molar-refractivity contribution in [3.05, 3.63) is 45.3 Å². The molecule has 0 aliphatic carbocycles. The lowest BCUT2D eigenvalue weighted by atomic mass is 10.2. The van der Waals surface area contributed by atoms with Crippen molar-refractivity contribution in [2.24, 2.45) is 0 Å². The van der Waals surface area contributed by atoms with Gasteiger partial charge in [0.05, 0.1) is 25.9 Å². The molecule has 6 heteroatoms. The van der Waals surface area contributed by atoms with E-state index in [0.29, 0.717) is 0 Å². The third kappa shape index (κ3) is 3.65. The van der Waals surface area contributed by atoms with E-state index in [4.69, 9.17) is 0 Å². The van der Waals surface area contributed by atoms with Gasteiger partial charge in [-0.15, -0.1) is 22.7 Å². The topological polar surface area (TPSA) is 0 Å². The van der Waals surface area contributed by atoms with Crippen molar-refractivity contribution in [2.75, 3.05) is 0 Å². The highest BCUT2D eigenvalue weighted by molar-refractivity contribution is 9.11. The molecule has 2 aromatic carbocycles. The Morgan fingerprint density at radius 3 is 1.29 bits per heavy atom. The van der Waals surface area contributed by atoms with Crippen LogP contribution in [0.5, 0.6) is 0 Å². The number of halogens is 2. The molecule has 2 heterocycles. The highest BCUT2D eigenvalue weighted by Gasteiger charge is 2.23. The minimum atomic E-state index is -1.31. The second-order valence-electron chi connectivity index (χ2n) is 9.41. The molecule has 0 bridgehead atoms. The fraction of sp³-hybridized carbons (Fsp3) is 0.273. The summed E-state index contributed by atoms with van der Waals surface area (Å²) in [4.78, 5) is 2.68. The van der Waals surface area contributed by atoms with Crippen molar-refractivity contribution in [3.8, 4) is 9.75 Å². The summed E-state index contributed by atoms with van der Waals surface area (Å²) >= 11 is 11.7. The smallest absolute Gasteiger partial charge is 0.0776 e. The monoisotopic (exact) mass is 566 g/mol. The summed E-state index contributed by atoms with van der Waals surface area (Å²) in [5.41, 5.74) is 0. The molecule has 0 N–H and O–H groups in total. The average molecular weight is 569 g/mol. The highest BCUT2D eigenvalue weighted by Crippen LogP contribution is 2.49. The molecule has 0 unspecified atom stereocenters. The molecule has 0 fully saturated rings. The first-order chi connectivity index (χ1) is 13.0. The van der Waals surface area contributed by atoms with Crippen molar-refractivity contribution in [1.29, 1.82) is 0 Å². The minimum Gasteiger partial charge on any atom is -0.133 e. The second kappa shape index (κ2) is 7.17. The highest BCUT2D eigenvalue weighted by atomic mass is 79.9. The van der Waals surface area contributed by atoms with Crippen LogP contribution in [0.2, 0.25) is 39.3 Å². The van der Waals surface area contributed by atoms with E-state index in [9.17, 15) is 0 Å². The maximum Gasteiger partial charge on any atom is 0.0776 e. The van der Waals surface area contributed by atoms with E-state index >= 15 is 0 Å². The Hall–Kier alpha value is -0.246. The van der Waals surface area contributed by atoms with Gasteiger partial charge in [-0.25, -0.2) is 0 Å². The summed E-state index contributed by atoms with van der Waals surface area (Å²) in [6.45, 7) is 14.5. The van der Waals surface area contributed by atoms with Crippen LogP contribution in [0.15, 0.2) is 45.3 Å². The quantitative estimate of drug-likeness (QED) is 0.218. The van der Waals surface area contributed by atoms with Crippen molar-refractivity contribution in [3.63, 3.8) is 0 Å². The molecule has 0 aliphatic rings. The van der Waals surface area contributed by atoms with Crippen LogP contribution in [0.1, 0.15) is 0 Å². The fourth-order valence-corrected chi connectivity index (χ4v) is 10.4. The van der Waals surface area contributed by atoms with E-state index in [1.807, 2.05) is 22.7 Å². The zero-order chi connectivity index (χ0) is 20.4. The Balaban J connectivity index is 1.91. The molecule has 146 valence electrons. The van der Waals surface area contributed by atoms with Gasteiger partial charge in [-0.1, -0.05) is 73.9 Å². The van der Waals surface area contributed by atoms with Gasteiger partial charge in [0.1, 0.15) is 0 Å². The Bertz CT molecular complexity index is 1110. The van der Waals surface area contributed by atoms with E-state index in [2.05, 4.69) is 108 Å². The van der Waals surface area contributed by atoms with Crippen molar-refractivity contribution in [2.45, 2.75) is 39.3 Å². The van der Waals surface area contributed by atoms with E-state index in [-0.39, 0.29) is 0 Å². The van der Waals surface area contributed by atoms with Gasteiger partial charge < -0.3 is 0 Å². The van der Waals surface area contributed by atoms with E-state index in [0.717, 1.165) is 0 Å². The summed E-state index contributed by atoms with van der Waals surface area (Å²) in [6.07, 6.45) is 0. The molecule has 0 amide bonds. The zero-order valence-corrected chi connectivity index (χ0v) is 23.8. The molecule has 0 spiro atoms. The summed E-state index contributed by atoms with van der Waals surface area (Å²) in [5.74, 6) is 0. The lowest BCUT2D eigenvalue weighted by molar-refractivity contribution is 1.73. The van der Waals surface area contributed by atoms with Crippen LogP contribution in [-0.4, -0.2) is 16.1 Å². The molecule has 28 heavy (non-hydrogen) atoms. The number of fused-ring (bicyclic) bond motifs is 2. The number of benzene rings is 2.